The predicted molar refractivity (Wildman–Crippen MR) is 141 cm³/mol. The van der Waals surface area contributed by atoms with Gasteiger partial charge in [-0.05, 0) is 61.2 Å². The summed E-state index contributed by atoms with van der Waals surface area (Å²) in [6, 6.07) is 15.9. The predicted octanol–water partition coefficient (Wildman–Crippen LogP) is 5.35. The van der Waals surface area contributed by atoms with Gasteiger partial charge in [0.25, 0.3) is 0 Å². The van der Waals surface area contributed by atoms with Crippen molar-refractivity contribution in [2.24, 2.45) is 9.98 Å². The monoisotopic (exact) mass is 452 g/mol. The Morgan fingerprint density at radius 2 is 1.97 bits per heavy atom. The van der Waals surface area contributed by atoms with Crippen molar-refractivity contribution in [3.63, 3.8) is 0 Å². The van der Waals surface area contributed by atoms with Crippen LogP contribution in [0, 0.1) is 0 Å². The molecular weight excluding hydrogens is 424 g/mol. The van der Waals surface area contributed by atoms with Crippen LogP contribution >= 0.6 is 0 Å². The first kappa shape index (κ1) is 23.1. The molecule has 1 fully saturated rings. The van der Waals surface area contributed by atoms with Crippen LogP contribution in [0.2, 0.25) is 0 Å². The number of carbonyl (C=O) groups is 1. The number of hydrogen-bond acceptors (Lipinski definition) is 5. The van der Waals surface area contributed by atoms with Gasteiger partial charge in [0, 0.05) is 48.4 Å². The SMILES string of the molecule is C=CC(=O)Nc1cccc(C2=CC=CC(=C/N=C)/C2=N\c2ccc(N3CCCOCC3)cc2)c1. The van der Waals surface area contributed by atoms with Gasteiger partial charge < -0.3 is 15.0 Å². The standard InChI is InChI=1S/C28H28N4O2/c1-3-27(33)30-24-9-4-7-21(19-24)26-10-5-8-22(20-29-2)28(26)31-23-11-13-25(14-12-23)32-15-6-17-34-18-16-32/h3-5,7-14,19-20H,1-2,6,15-18H2,(H,30,33)/b22-20-,31-28+. The van der Waals surface area contributed by atoms with Crippen molar-refractivity contribution in [3.05, 3.63) is 96.8 Å². The van der Waals surface area contributed by atoms with Crippen LogP contribution in [0.15, 0.2) is 101 Å². The van der Waals surface area contributed by atoms with E-state index in [1.807, 2.05) is 54.6 Å². The van der Waals surface area contributed by atoms with E-state index in [9.17, 15) is 4.79 Å². The van der Waals surface area contributed by atoms with E-state index in [2.05, 4.69) is 40.6 Å². The van der Waals surface area contributed by atoms with E-state index in [4.69, 9.17) is 9.73 Å². The molecule has 2 aliphatic rings. The fraction of sp³-hybridized carbons (Fsp3) is 0.179. The lowest BCUT2D eigenvalue weighted by atomic mass is 9.91. The zero-order chi connectivity index (χ0) is 23.8. The number of carbonyl (C=O) groups excluding carboxylic acids is 1. The normalized spacial score (nSPS) is 18.4. The van der Waals surface area contributed by atoms with Crippen molar-refractivity contribution in [2.75, 3.05) is 36.5 Å². The first-order chi connectivity index (χ1) is 16.7. The van der Waals surface area contributed by atoms with Crippen LogP contribution in [0.1, 0.15) is 12.0 Å². The van der Waals surface area contributed by atoms with Crippen molar-refractivity contribution >= 4 is 41.0 Å². The van der Waals surface area contributed by atoms with Crippen LogP contribution in [0.25, 0.3) is 5.57 Å². The average molecular weight is 453 g/mol. The summed E-state index contributed by atoms with van der Waals surface area (Å²) in [5.41, 5.74) is 6.22. The van der Waals surface area contributed by atoms with Crippen molar-refractivity contribution in [1.29, 1.82) is 0 Å². The highest BCUT2D eigenvalue weighted by atomic mass is 16.5. The zero-order valence-electron chi connectivity index (χ0n) is 19.1. The minimum atomic E-state index is -0.254. The fourth-order valence-electron chi connectivity index (χ4n) is 3.95. The molecule has 6 heteroatoms. The molecule has 1 aliphatic carbocycles. The highest BCUT2D eigenvalue weighted by molar-refractivity contribution is 6.34. The Balaban J connectivity index is 1.66. The molecule has 6 nitrogen and oxygen atoms in total. The summed E-state index contributed by atoms with van der Waals surface area (Å²) < 4.78 is 5.57. The summed E-state index contributed by atoms with van der Waals surface area (Å²) in [5, 5.41) is 2.82. The minimum Gasteiger partial charge on any atom is -0.380 e. The molecule has 2 aromatic carbocycles. The van der Waals surface area contributed by atoms with E-state index in [1.54, 1.807) is 6.20 Å². The molecular formula is C28H28N4O2. The van der Waals surface area contributed by atoms with Gasteiger partial charge in [-0.25, -0.2) is 4.99 Å². The maximum absolute atomic E-state index is 11.8. The number of amides is 1. The molecule has 0 aromatic heterocycles. The fourth-order valence-corrected chi connectivity index (χ4v) is 3.95. The van der Waals surface area contributed by atoms with E-state index < -0.39 is 0 Å². The number of rotatable bonds is 6. The number of nitrogens with one attached hydrogen (secondary N) is 1. The van der Waals surface area contributed by atoms with E-state index in [0.29, 0.717) is 5.69 Å². The van der Waals surface area contributed by atoms with Gasteiger partial charge in [-0.2, -0.15) is 0 Å². The maximum atomic E-state index is 11.8. The topological polar surface area (TPSA) is 66.3 Å². The highest BCUT2D eigenvalue weighted by Crippen LogP contribution is 2.30. The smallest absolute Gasteiger partial charge is 0.247 e. The molecule has 0 spiro atoms. The van der Waals surface area contributed by atoms with Crippen molar-refractivity contribution in [3.8, 4) is 0 Å². The number of hydrogen-bond donors (Lipinski definition) is 1. The van der Waals surface area contributed by atoms with Gasteiger partial charge >= 0.3 is 0 Å². The van der Waals surface area contributed by atoms with Gasteiger partial charge in [-0.15, -0.1) is 0 Å². The molecule has 0 radical (unpaired) electrons. The second kappa shape index (κ2) is 11.2. The molecule has 34 heavy (non-hydrogen) atoms. The van der Waals surface area contributed by atoms with E-state index in [1.165, 1.54) is 11.8 Å². The van der Waals surface area contributed by atoms with E-state index >= 15 is 0 Å². The molecule has 172 valence electrons. The highest BCUT2D eigenvalue weighted by Gasteiger charge is 2.17. The number of nitrogens with zero attached hydrogens (tertiary/aromatic N) is 3. The number of benzene rings is 2. The van der Waals surface area contributed by atoms with Crippen LogP contribution in [0.5, 0.6) is 0 Å². The summed E-state index contributed by atoms with van der Waals surface area (Å²) in [6.07, 6.45) is 9.92. The number of aliphatic imine (C=N–C) groups is 2. The number of ether oxygens (including phenoxy) is 1. The Labute approximate surface area is 200 Å². The maximum Gasteiger partial charge on any atom is 0.247 e. The molecule has 1 heterocycles. The van der Waals surface area contributed by atoms with Crippen molar-refractivity contribution in [1.82, 2.24) is 0 Å². The largest absolute Gasteiger partial charge is 0.380 e. The Kier molecular flexibility index (Phi) is 7.63. The van der Waals surface area contributed by atoms with E-state index in [-0.39, 0.29) is 5.91 Å². The Morgan fingerprint density at radius 3 is 2.76 bits per heavy atom. The molecule has 0 unspecified atom stereocenters. The summed E-state index contributed by atoms with van der Waals surface area (Å²) in [5.74, 6) is -0.254. The lowest BCUT2D eigenvalue weighted by Crippen LogP contribution is -2.25. The Bertz CT molecular complexity index is 1180. The van der Waals surface area contributed by atoms with Crippen molar-refractivity contribution < 1.29 is 9.53 Å². The second-order valence-corrected chi connectivity index (χ2v) is 7.91. The molecule has 2 aromatic rings. The summed E-state index contributed by atoms with van der Waals surface area (Å²) in [7, 11) is 0. The number of anilines is 2. The van der Waals surface area contributed by atoms with Crippen LogP contribution in [0.3, 0.4) is 0 Å². The van der Waals surface area contributed by atoms with Gasteiger partial charge in [-0.3, -0.25) is 9.79 Å². The summed E-state index contributed by atoms with van der Waals surface area (Å²) in [6.45, 7) is 10.6. The lowest BCUT2D eigenvalue weighted by molar-refractivity contribution is -0.111. The molecule has 1 amide bonds. The molecule has 1 aliphatic heterocycles. The van der Waals surface area contributed by atoms with Crippen molar-refractivity contribution in [2.45, 2.75) is 6.42 Å². The van der Waals surface area contributed by atoms with Gasteiger partial charge in [0.2, 0.25) is 5.91 Å². The van der Waals surface area contributed by atoms with Gasteiger partial charge in [-0.1, -0.05) is 36.9 Å². The van der Waals surface area contributed by atoms with Crippen LogP contribution in [-0.4, -0.2) is 44.6 Å². The van der Waals surface area contributed by atoms with Crippen LogP contribution in [0.4, 0.5) is 17.1 Å². The Hall–Kier alpha value is -4.03. The molecule has 0 atom stereocenters. The molecule has 1 N–H and O–H groups in total. The second-order valence-electron chi connectivity index (χ2n) is 7.91. The zero-order valence-corrected chi connectivity index (χ0v) is 19.1. The first-order valence-electron chi connectivity index (χ1n) is 11.3. The third-order valence-electron chi connectivity index (χ3n) is 5.60. The molecule has 1 saturated heterocycles. The van der Waals surface area contributed by atoms with Crippen LogP contribution < -0.4 is 10.2 Å². The third-order valence-corrected chi connectivity index (χ3v) is 5.60. The van der Waals surface area contributed by atoms with Gasteiger partial charge in [0.1, 0.15) is 0 Å². The average Bonchev–Trinajstić information content (AvgIpc) is 3.15. The molecule has 0 bridgehead atoms. The lowest BCUT2D eigenvalue weighted by Gasteiger charge is -2.22. The number of allylic oxidation sites excluding steroid dienone is 5. The first-order valence-corrected chi connectivity index (χ1v) is 11.3. The summed E-state index contributed by atoms with van der Waals surface area (Å²) >= 11 is 0. The van der Waals surface area contributed by atoms with Crippen LogP contribution in [-0.2, 0) is 9.53 Å². The van der Waals surface area contributed by atoms with Gasteiger partial charge in [0.05, 0.1) is 18.0 Å². The third kappa shape index (κ3) is 5.66. The minimum absolute atomic E-state index is 0.254. The summed E-state index contributed by atoms with van der Waals surface area (Å²) in [4.78, 5) is 23.1. The van der Waals surface area contributed by atoms with Gasteiger partial charge in [0.15, 0.2) is 0 Å². The molecule has 0 saturated carbocycles. The molecule has 4 rings (SSSR count). The quantitative estimate of drug-likeness (QED) is 0.475. The van der Waals surface area contributed by atoms with E-state index in [0.717, 1.165) is 60.8 Å². The Morgan fingerprint density at radius 1 is 1.12 bits per heavy atom.